The Balaban J connectivity index is 0.000000343. The fraction of sp³-hybridized carbons (Fsp3) is 0.304. The molecule has 30 heavy (non-hydrogen) atoms. The van der Waals surface area contributed by atoms with Crippen molar-refractivity contribution >= 4 is 29.2 Å². The van der Waals surface area contributed by atoms with Crippen LogP contribution in [0.1, 0.15) is 22.6 Å². The summed E-state index contributed by atoms with van der Waals surface area (Å²) in [6.07, 6.45) is 2.17. The zero-order valence-corrected chi connectivity index (χ0v) is 18.1. The van der Waals surface area contributed by atoms with E-state index in [1.165, 1.54) is 16.7 Å². The number of rotatable bonds is 4. The second kappa shape index (κ2) is 10.8. The average molecular weight is 431 g/mol. The van der Waals surface area contributed by atoms with Crippen molar-refractivity contribution in [3.05, 3.63) is 76.3 Å². The lowest BCUT2D eigenvalue weighted by molar-refractivity contribution is -0.134. The van der Waals surface area contributed by atoms with Crippen LogP contribution in [-0.4, -0.2) is 61.3 Å². The van der Waals surface area contributed by atoms with Crippen molar-refractivity contribution in [2.45, 2.75) is 12.3 Å². The standard InChI is InChI=1S/C19H23ClN2.C4H4O4/c1-21(2)19-12-16-15(11-18(19)20)9-10-22(3)13-17(16)14-7-5-4-6-8-14;5-3(6)1-2-4(7)8/h4-8,11-12,17H,9-10,13H2,1-3H3;1-2H,(H,5,6)(H,7,8)/b;2-1+/t17-;/m1./s1. The summed E-state index contributed by atoms with van der Waals surface area (Å²) in [6.45, 7) is 2.12. The molecule has 0 saturated heterocycles. The highest BCUT2D eigenvalue weighted by atomic mass is 35.5. The van der Waals surface area contributed by atoms with E-state index in [0.29, 0.717) is 18.1 Å². The predicted octanol–water partition coefficient (Wildman–Crippen LogP) is 3.74. The first-order valence-electron chi connectivity index (χ1n) is 9.56. The molecule has 0 unspecified atom stereocenters. The lowest BCUT2D eigenvalue weighted by atomic mass is 9.87. The molecule has 0 amide bonds. The Hall–Kier alpha value is -2.83. The van der Waals surface area contributed by atoms with Crippen LogP contribution in [0.3, 0.4) is 0 Å². The number of aliphatic carboxylic acids is 2. The van der Waals surface area contributed by atoms with Crippen molar-refractivity contribution in [1.29, 1.82) is 0 Å². The van der Waals surface area contributed by atoms with E-state index in [1.807, 2.05) is 14.1 Å². The summed E-state index contributed by atoms with van der Waals surface area (Å²) in [5.41, 5.74) is 5.29. The summed E-state index contributed by atoms with van der Waals surface area (Å²) in [5, 5.41) is 16.5. The quantitative estimate of drug-likeness (QED) is 0.719. The minimum Gasteiger partial charge on any atom is -0.478 e. The van der Waals surface area contributed by atoms with Gasteiger partial charge in [0, 0.05) is 45.3 Å². The summed E-state index contributed by atoms with van der Waals surface area (Å²) in [7, 11) is 6.30. The molecule has 0 aliphatic carbocycles. The molecular formula is C23H27ClN2O4. The highest BCUT2D eigenvalue weighted by molar-refractivity contribution is 6.33. The molecule has 1 aliphatic heterocycles. The third-order valence-electron chi connectivity index (χ3n) is 4.89. The monoisotopic (exact) mass is 430 g/mol. The Kier molecular flexibility index (Phi) is 8.45. The summed E-state index contributed by atoms with van der Waals surface area (Å²) in [5.74, 6) is -2.11. The number of likely N-dealkylation sites (N-methyl/N-ethyl adjacent to an activating group) is 1. The number of carboxylic acids is 2. The number of hydrogen-bond acceptors (Lipinski definition) is 4. The predicted molar refractivity (Wildman–Crippen MR) is 120 cm³/mol. The third-order valence-corrected chi connectivity index (χ3v) is 5.20. The summed E-state index contributed by atoms with van der Waals surface area (Å²) in [6, 6.07) is 15.3. The molecule has 0 saturated carbocycles. The van der Waals surface area contributed by atoms with Crippen molar-refractivity contribution in [1.82, 2.24) is 4.90 Å². The molecule has 1 heterocycles. The van der Waals surface area contributed by atoms with Gasteiger partial charge in [0.25, 0.3) is 0 Å². The number of halogens is 1. The van der Waals surface area contributed by atoms with Gasteiger partial charge in [-0.2, -0.15) is 0 Å². The maximum Gasteiger partial charge on any atom is 0.328 e. The Morgan fingerprint density at radius 1 is 1.10 bits per heavy atom. The molecule has 0 radical (unpaired) electrons. The molecule has 0 bridgehead atoms. The van der Waals surface area contributed by atoms with Crippen molar-refractivity contribution in [3.8, 4) is 0 Å². The second-order valence-corrected chi connectivity index (χ2v) is 7.79. The van der Waals surface area contributed by atoms with Crippen LogP contribution < -0.4 is 4.90 Å². The minimum atomic E-state index is -1.26. The highest BCUT2D eigenvalue weighted by Gasteiger charge is 2.24. The van der Waals surface area contributed by atoms with Gasteiger partial charge in [-0.15, -0.1) is 0 Å². The lowest BCUT2D eigenvalue weighted by Gasteiger charge is -2.24. The average Bonchev–Trinajstić information content (AvgIpc) is 2.85. The van der Waals surface area contributed by atoms with E-state index in [2.05, 4.69) is 59.3 Å². The van der Waals surface area contributed by atoms with Gasteiger partial charge in [-0.25, -0.2) is 9.59 Å². The SMILES string of the molecule is CN1CCc2cc(Cl)c(N(C)C)cc2[C@@H](c2ccccc2)C1.O=C(O)/C=C/C(=O)O. The Morgan fingerprint density at radius 2 is 1.70 bits per heavy atom. The fourth-order valence-corrected chi connectivity index (χ4v) is 3.78. The van der Waals surface area contributed by atoms with Gasteiger partial charge in [0.05, 0.1) is 10.7 Å². The Morgan fingerprint density at radius 3 is 2.23 bits per heavy atom. The van der Waals surface area contributed by atoms with Gasteiger partial charge >= 0.3 is 11.9 Å². The van der Waals surface area contributed by atoms with E-state index in [-0.39, 0.29) is 0 Å². The Labute approximate surface area is 182 Å². The van der Waals surface area contributed by atoms with Crippen LogP contribution in [0.15, 0.2) is 54.6 Å². The normalized spacial score (nSPS) is 16.2. The second-order valence-electron chi connectivity index (χ2n) is 7.38. The number of carboxylic acid groups (broad SMARTS) is 2. The van der Waals surface area contributed by atoms with Crippen molar-refractivity contribution in [2.24, 2.45) is 0 Å². The number of anilines is 1. The zero-order valence-electron chi connectivity index (χ0n) is 17.4. The minimum absolute atomic E-state index is 0.402. The van der Waals surface area contributed by atoms with Crippen LogP contribution in [0.4, 0.5) is 5.69 Å². The molecule has 160 valence electrons. The molecule has 0 aromatic heterocycles. The third kappa shape index (κ3) is 6.61. The van der Waals surface area contributed by atoms with Crippen LogP contribution in [-0.2, 0) is 16.0 Å². The van der Waals surface area contributed by atoms with E-state index < -0.39 is 11.9 Å². The first-order valence-corrected chi connectivity index (χ1v) is 9.94. The van der Waals surface area contributed by atoms with Gasteiger partial charge in [-0.3, -0.25) is 0 Å². The lowest BCUT2D eigenvalue weighted by Crippen LogP contribution is -2.24. The molecule has 1 aliphatic rings. The molecule has 2 aromatic rings. The molecule has 7 heteroatoms. The summed E-state index contributed by atoms with van der Waals surface area (Å²) < 4.78 is 0. The highest BCUT2D eigenvalue weighted by Crippen LogP contribution is 2.37. The number of carbonyl (C=O) groups is 2. The largest absolute Gasteiger partial charge is 0.478 e. The molecule has 2 N–H and O–H groups in total. The van der Waals surface area contributed by atoms with E-state index >= 15 is 0 Å². The van der Waals surface area contributed by atoms with Crippen LogP contribution in [0.2, 0.25) is 5.02 Å². The van der Waals surface area contributed by atoms with Crippen LogP contribution >= 0.6 is 11.6 Å². The maximum atomic E-state index is 9.55. The molecule has 6 nitrogen and oxygen atoms in total. The van der Waals surface area contributed by atoms with E-state index in [9.17, 15) is 9.59 Å². The number of fused-ring (bicyclic) bond motifs is 1. The molecule has 3 rings (SSSR count). The number of nitrogens with zero attached hydrogens (tertiary/aromatic N) is 2. The summed E-state index contributed by atoms with van der Waals surface area (Å²) in [4.78, 5) is 23.6. The number of benzene rings is 2. The van der Waals surface area contributed by atoms with E-state index in [4.69, 9.17) is 21.8 Å². The topological polar surface area (TPSA) is 81.1 Å². The Bertz CT molecular complexity index is 897. The first kappa shape index (κ1) is 23.4. The van der Waals surface area contributed by atoms with Gasteiger partial charge in [0.2, 0.25) is 0 Å². The molecular weight excluding hydrogens is 404 g/mol. The van der Waals surface area contributed by atoms with Gasteiger partial charge in [0.15, 0.2) is 0 Å². The molecule has 0 fully saturated rings. The van der Waals surface area contributed by atoms with Gasteiger partial charge in [-0.1, -0.05) is 41.9 Å². The zero-order chi connectivity index (χ0) is 22.3. The van der Waals surface area contributed by atoms with Crippen LogP contribution in [0.25, 0.3) is 0 Å². The smallest absolute Gasteiger partial charge is 0.328 e. The van der Waals surface area contributed by atoms with Crippen molar-refractivity contribution < 1.29 is 19.8 Å². The van der Waals surface area contributed by atoms with Crippen molar-refractivity contribution in [3.63, 3.8) is 0 Å². The molecule has 2 aromatic carbocycles. The van der Waals surface area contributed by atoms with Crippen molar-refractivity contribution in [2.75, 3.05) is 39.1 Å². The van der Waals surface area contributed by atoms with E-state index in [1.54, 1.807) is 0 Å². The van der Waals surface area contributed by atoms with E-state index in [0.717, 1.165) is 30.2 Å². The van der Waals surface area contributed by atoms with Gasteiger partial charge < -0.3 is 20.0 Å². The maximum absolute atomic E-state index is 9.55. The fourth-order valence-electron chi connectivity index (χ4n) is 3.43. The summed E-state index contributed by atoms with van der Waals surface area (Å²) >= 11 is 6.48. The van der Waals surface area contributed by atoms with Gasteiger partial charge in [0.1, 0.15) is 0 Å². The molecule has 1 atom stereocenters. The molecule has 0 spiro atoms. The van der Waals surface area contributed by atoms with Crippen LogP contribution in [0, 0.1) is 0 Å². The number of hydrogen-bond donors (Lipinski definition) is 2. The first-order chi connectivity index (χ1) is 14.2. The van der Waals surface area contributed by atoms with Gasteiger partial charge in [-0.05, 0) is 42.3 Å². The van der Waals surface area contributed by atoms with Crippen LogP contribution in [0.5, 0.6) is 0 Å².